The smallest absolute Gasteiger partial charge is 0.220 e. The van der Waals surface area contributed by atoms with E-state index in [1.807, 2.05) is 24.3 Å². The lowest BCUT2D eigenvalue weighted by Gasteiger charge is -2.09. The Kier molecular flexibility index (Phi) is 5.83. The second kappa shape index (κ2) is 7.63. The molecule has 0 saturated carbocycles. The number of ether oxygens (including phenoxy) is 1. The zero-order valence-electron chi connectivity index (χ0n) is 12.9. The highest BCUT2D eigenvalue weighted by molar-refractivity contribution is 7.91. The Bertz CT molecular complexity index is 612. The summed E-state index contributed by atoms with van der Waals surface area (Å²) >= 11 is 0. The quantitative estimate of drug-likeness (QED) is 0.826. The number of carbonyl (C=O) groups excluding carboxylic acids is 1. The zero-order chi connectivity index (χ0) is 16.0. The summed E-state index contributed by atoms with van der Waals surface area (Å²) in [5.74, 6) is 1.46. The van der Waals surface area contributed by atoms with Crippen LogP contribution < -0.4 is 10.1 Å². The SMILES string of the molecule is COc1cccc(CCNC(=O)CCC2CCS(=O)(=O)C2)c1. The van der Waals surface area contributed by atoms with Gasteiger partial charge in [-0.15, -0.1) is 0 Å². The molecule has 1 aromatic carbocycles. The van der Waals surface area contributed by atoms with Crippen molar-refractivity contribution in [1.82, 2.24) is 5.32 Å². The fourth-order valence-electron chi connectivity index (χ4n) is 2.70. The van der Waals surface area contributed by atoms with Gasteiger partial charge in [0.25, 0.3) is 0 Å². The van der Waals surface area contributed by atoms with Crippen molar-refractivity contribution in [2.24, 2.45) is 5.92 Å². The van der Waals surface area contributed by atoms with Crippen LogP contribution in [0.2, 0.25) is 0 Å². The number of methoxy groups -OCH3 is 1. The number of carbonyl (C=O) groups is 1. The molecule has 1 atom stereocenters. The van der Waals surface area contributed by atoms with Gasteiger partial charge in [0, 0.05) is 13.0 Å². The third kappa shape index (κ3) is 5.33. The van der Waals surface area contributed by atoms with E-state index in [9.17, 15) is 13.2 Å². The summed E-state index contributed by atoms with van der Waals surface area (Å²) in [7, 11) is -1.22. The van der Waals surface area contributed by atoms with Gasteiger partial charge >= 0.3 is 0 Å². The Balaban J connectivity index is 1.65. The van der Waals surface area contributed by atoms with Crippen LogP contribution in [0.15, 0.2) is 24.3 Å². The van der Waals surface area contributed by atoms with Crippen molar-refractivity contribution in [2.75, 3.05) is 25.2 Å². The summed E-state index contributed by atoms with van der Waals surface area (Å²) < 4.78 is 27.9. The van der Waals surface area contributed by atoms with E-state index in [2.05, 4.69) is 5.32 Å². The molecule has 0 bridgehead atoms. The topological polar surface area (TPSA) is 72.5 Å². The van der Waals surface area contributed by atoms with Crippen LogP contribution in [-0.4, -0.2) is 39.5 Å². The second-order valence-corrected chi connectivity index (χ2v) is 7.99. The lowest BCUT2D eigenvalue weighted by molar-refractivity contribution is -0.121. The predicted molar refractivity (Wildman–Crippen MR) is 85.7 cm³/mol. The third-order valence-electron chi connectivity index (χ3n) is 3.98. The Hall–Kier alpha value is -1.56. The highest BCUT2D eigenvalue weighted by Crippen LogP contribution is 2.22. The van der Waals surface area contributed by atoms with Crippen LogP contribution >= 0.6 is 0 Å². The summed E-state index contributed by atoms with van der Waals surface area (Å²) in [6.45, 7) is 0.578. The van der Waals surface area contributed by atoms with Crippen LogP contribution in [-0.2, 0) is 21.1 Å². The number of hydrogen-bond acceptors (Lipinski definition) is 4. The van der Waals surface area contributed by atoms with E-state index in [4.69, 9.17) is 4.74 Å². The third-order valence-corrected chi connectivity index (χ3v) is 5.81. The van der Waals surface area contributed by atoms with Gasteiger partial charge in [-0.2, -0.15) is 0 Å². The Morgan fingerprint density at radius 2 is 2.23 bits per heavy atom. The minimum atomic E-state index is -2.85. The monoisotopic (exact) mass is 325 g/mol. The molecule has 1 heterocycles. The van der Waals surface area contributed by atoms with E-state index in [0.717, 1.165) is 17.7 Å². The first-order chi connectivity index (χ1) is 10.5. The van der Waals surface area contributed by atoms with Gasteiger partial charge in [0.1, 0.15) is 5.75 Å². The number of hydrogen-bond donors (Lipinski definition) is 1. The van der Waals surface area contributed by atoms with Gasteiger partial charge < -0.3 is 10.1 Å². The van der Waals surface area contributed by atoms with Crippen LogP contribution in [0.25, 0.3) is 0 Å². The van der Waals surface area contributed by atoms with Gasteiger partial charge in [-0.25, -0.2) is 8.42 Å². The number of sulfone groups is 1. The minimum Gasteiger partial charge on any atom is -0.497 e. The van der Waals surface area contributed by atoms with Crippen molar-refractivity contribution in [1.29, 1.82) is 0 Å². The summed E-state index contributed by atoms with van der Waals surface area (Å²) in [4.78, 5) is 11.8. The maximum atomic E-state index is 11.8. The summed E-state index contributed by atoms with van der Waals surface area (Å²) in [6, 6.07) is 7.77. The van der Waals surface area contributed by atoms with Gasteiger partial charge in [0.15, 0.2) is 9.84 Å². The Morgan fingerprint density at radius 3 is 2.91 bits per heavy atom. The molecule has 1 amide bonds. The molecular weight excluding hydrogens is 302 g/mol. The lowest BCUT2D eigenvalue weighted by atomic mass is 10.0. The molecule has 0 aromatic heterocycles. The molecule has 0 spiro atoms. The lowest BCUT2D eigenvalue weighted by Crippen LogP contribution is -2.26. The van der Waals surface area contributed by atoms with Crippen molar-refractivity contribution < 1.29 is 17.9 Å². The normalized spacial score (nSPS) is 19.8. The van der Waals surface area contributed by atoms with E-state index < -0.39 is 9.84 Å². The molecule has 22 heavy (non-hydrogen) atoms. The Labute approximate surface area is 132 Å². The van der Waals surface area contributed by atoms with E-state index in [0.29, 0.717) is 25.8 Å². The average Bonchev–Trinajstić information content (AvgIpc) is 2.85. The first kappa shape index (κ1) is 16.8. The molecule has 1 aliphatic rings. The molecule has 0 radical (unpaired) electrons. The van der Waals surface area contributed by atoms with E-state index in [1.54, 1.807) is 7.11 Å². The number of nitrogens with one attached hydrogen (secondary N) is 1. The standard InChI is InChI=1S/C16H23NO4S/c1-21-15-4-2-3-13(11-15)7-9-17-16(18)6-5-14-8-10-22(19,20)12-14/h2-4,11,14H,5-10,12H2,1H3,(H,17,18). The first-order valence-corrected chi connectivity index (χ1v) is 9.41. The van der Waals surface area contributed by atoms with Crippen LogP contribution in [0, 0.1) is 5.92 Å². The molecule has 6 heteroatoms. The van der Waals surface area contributed by atoms with Gasteiger partial charge in [-0.3, -0.25) is 4.79 Å². The van der Waals surface area contributed by atoms with Crippen molar-refractivity contribution in [2.45, 2.75) is 25.7 Å². The van der Waals surface area contributed by atoms with E-state index in [-0.39, 0.29) is 23.3 Å². The van der Waals surface area contributed by atoms with Crippen LogP contribution in [0.5, 0.6) is 5.75 Å². The second-order valence-electron chi connectivity index (χ2n) is 5.76. The molecule has 1 N–H and O–H groups in total. The summed E-state index contributed by atoms with van der Waals surface area (Å²) in [5, 5.41) is 2.88. The van der Waals surface area contributed by atoms with Crippen LogP contribution in [0.3, 0.4) is 0 Å². The molecular formula is C16H23NO4S. The van der Waals surface area contributed by atoms with Gasteiger partial charge in [-0.05, 0) is 42.9 Å². The molecule has 1 aromatic rings. The fourth-order valence-corrected chi connectivity index (χ4v) is 4.61. The predicted octanol–water partition coefficient (Wildman–Crippen LogP) is 1.57. The van der Waals surface area contributed by atoms with Crippen LogP contribution in [0.4, 0.5) is 0 Å². The van der Waals surface area contributed by atoms with Gasteiger partial charge in [-0.1, -0.05) is 12.1 Å². The van der Waals surface area contributed by atoms with Crippen molar-refractivity contribution in [3.8, 4) is 5.75 Å². The van der Waals surface area contributed by atoms with E-state index >= 15 is 0 Å². The zero-order valence-corrected chi connectivity index (χ0v) is 13.7. The number of amides is 1. The summed E-state index contributed by atoms with van der Waals surface area (Å²) in [5.41, 5.74) is 1.11. The van der Waals surface area contributed by atoms with Crippen molar-refractivity contribution in [3.05, 3.63) is 29.8 Å². The Morgan fingerprint density at radius 1 is 1.41 bits per heavy atom. The minimum absolute atomic E-state index is 0.00723. The molecule has 1 unspecified atom stereocenters. The van der Waals surface area contributed by atoms with Crippen LogP contribution in [0.1, 0.15) is 24.8 Å². The number of benzene rings is 1. The maximum Gasteiger partial charge on any atom is 0.220 e. The van der Waals surface area contributed by atoms with Gasteiger partial charge in [0.2, 0.25) is 5.91 Å². The van der Waals surface area contributed by atoms with E-state index in [1.165, 1.54) is 0 Å². The van der Waals surface area contributed by atoms with Gasteiger partial charge in [0.05, 0.1) is 18.6 Å². The highest BCUT2D eigenvalue weighted by atomic mass is 32.2. The first-order valence-electron chi connectivity index (χ1n) is 7.58. The fraction of sp³-hybridized carbons (Fsp3) is 0.562. The summed E-state index contributed by atoms with van der Waals surface area (Å²) in [6.07, 6.45) is 2.50. The molecule has 0 aliphatic carbocycles. The molecule has 1 fully saturated rings. The molecule has 1 saturated heterocycles. The molecule has 2 rings (SSSR count). The molecule has 1 aliphatic heterocycles. The highest BCUT2D eigenvalue weighted by Gasteiger charge is 2.27. The number of rotatable bonds is 7. The maximum absolute atomic E-state index is 11.8. The molecule has 122 valence electrons. The van der Waals surface area contributed by atoms with Crippen molar-refractivity contribution in [3.63, 3.8) is 0 Å². The molecule has 5 nitrogen and oxygen atoms in total. The average molecular weight is 325 g/mol. The van der Waals surface area contributed by atoms with Crippen molar-refractivity contribution >= 4 is 15.7 Å². The largest absolute Gasteiger partial charge is 0.497 e.